The third kappa shape index (κ3) is 4.00. The van der Waals surface area contributed by atoms with Gasteiger partial charge in [-0.2, -0.15) is 0 Å². The van der Waals surface area contributed by atoms with E-state index >= 15 is 0 Å². The van der Waals surface area contributed by atoms with Crippen molar-refractivity contribution in [1.82, 2.24) is 5.32 Å². The molecular weight excluding hydrogens is 206 g/mol. The minimum atomic E-state index is -0.498. The number of ether oxygens (including phenoxy) is 1. The van der Waals surface area contributed by atoms with Crippen molar-refractivity contribution in [1.29, 1.82) is 0 Å². The second-order valence-electron chi connectivity index (χ2n) is 5.80. The standard InChI is InChI=1S/C12H23NO3/c1-7-6-9(7)10(14)8(2)13-11(15)16-12(3,4)5/h7-10,14H,6H2,1-5H3,(H,13,15). The summed E-state index contributed by atoms with van der Waals surface area (Å²) in [5.41, 5.74) is -0.498. The molecule has 1 rings (SSSR count). The molecule has 4 heteroatoms. The van der Waals surface area contributed by atoms with E-state index in [2.05, 4.69) is 12.2 Å². The highest BCUT2D eigenvalue weighted by Crippen LogP contribution is 2.41. The molecule has 2 N–H and O–H groups in total. The van der Waals surface area contributed by atoms with Crippen molar-refractivity contribution in [2.75, 3.05) is 0 Å². The first kappa shape index (κ1) is 13.3. The summed E-state index contributed by atoms with van der Waals surface area (Å²) in [6.45, 7) is 9.36. The summed E-state index contributed by atoms with van der Waals surface area (Å²) in [4.78, 5) is 11.5. The van der Waals surface area contributed by atoms with Crippen molar-refractivity contribution in [3.63, 3.8) is 0 Å². The monoisotopic (exact) mass is 229 g/mol. The van der Waals surface area contributed by atoms with Gasteiger partial charge in [0.25, 0.3) is 0 Å². The molecule has 0 aromatic heterocycles. The molecule has 0 bridgehead atoms. The van der Waals surface area contributed by atoms with Crippen LogP contribution in [-0.2, 0) is 4.74 Å². The lowest BCUT2D eigenvalue weighted by Gasteiger charge is -2.24. The predicted octanol–water partition coefficient (Wildman–Crippen LogP) is 1.92. The van der Waals surface area contributed by atoms with E-state index in [0.717, 1.165) is 6.42 Å². The molecule has 0 aliphatic heterocycles. The van der Waals surface area contributed by atoms with Crippen molar-refractivity contribution in [2.45, 2.75) is 58.8 Å². The van der Waals surface area contributed by atoms with Crippen LogP contribution in [0.4, 0.5) is 4.79 Å². The average molecular weight is 229 g/mol. The van der Waals surface area contributed by atoms with Gasteiger partial charge in [0.15, 0.2) is 0 Å². The number of amides is 1. The topological polar surface area (TPSA) is 58.6 Å². The molecule has 4 unspecified atom stereocenters. The molecular formula is C12H23NO3. The third-order valence-corrected chi connectivity index (χ3v) is 2.87. The zero-order valence-corrected chi connectivity index (χ0v) is 10.8. The molecule has 1 amide bonds. The van der Waals surface area contributed by atoms with Crippen LogP contribution in [-0.4, -0.2) is 28.9 Å². The van der Waals surface area contributed by atoms with E-state index in [1.54, 1.807) is 6.92 Å². The van der Waals surface area contributed by atoms with E-state index in [1.807, 2.05) is 20.8 Å². The Morgan fingerprint density at radius 1 is 1.50 bits per heavy atom. The number of hydrogen-bond acceptors (Lipinski definition) is 3. The van der Waals surface area contributed by atoms with E-state index in [9.17, 15) is 9.90 Å². The Morgan fingerprint density at radius 3 is 2.38 bits per heavy atom. The smallest absolute Gasteiger partial charge is 0.407 e. The Bertz CT molecular complexity index is 259. The minimum Gasteiger partial charge on any atom is -0.444 e. The maximum absolute atomic E-state index is 11.5. The van der Waals surface area contributed by atoms with Crippen molar-refractivity contribution in [3.8, 4) is 0 Å². The van der Waals surface area contributed by atoms with Gasteiger partial charge >= 0.3 is 6.09 Å². The first-order valence-corrected chi connectivity index (χ1v) is 5.88. The van der Waals surface area contributed by atoms with Crippen molar-refractivity contribution >= 4 is 6.09 Å². The fourth-order valence-corrected chi connectivity index (χ4v) is 1.78. The Balaban J connectivity index is 2.33. The summed E-state index contributed by atoms with van der Waals surface area (Å²) < 4.78 is 5.12. The molecule has 94 valence electrons. The lowest BCUT2D eigenvalue weighted by Crippen LogP contribution is -2.44. The summed E-state index contributed by atoms with van der Waals surface area (Å²) in [5, 5.41) is 12.6. The molecule has 4 nitrogen and oxygen atoms in total. The van der Waals surface area contributed by atoms with Gasteiger partial charge in [0.1, 0.15) is 5.60 Å². The lowest BCUT2D eigenvalue weighted by molar-refractivity contribution is 0.0409. The highest BCUT2D eigenvalue weighted by atomic mass is 16.6. The van der Waals surface area contributed by atoms with Crippen LogP contribution in [0.15, 0.2) is 0 Å². The van der Waals surface area contributed by atoms with Crippen LogP contribution < -0.4 is 5.32 Å². The number of aliphatic hydroxyl groups is 1. The van der Waals surface area contributed by atoms with Gasteiger partial charge in [-0.05, 0) is 46.0 Å². The molecule has 16 heavy (non-hydrogen) atoms. The van der Waals surface area contributed by atoms with E-state index in [4.69, 9.17) is 4.74 Å². The maximum atomic E-state index is 11.5. The molecule has 0 radical (unpaired) electrons. The molecule has 1 fully saturated rings. The van der Waals surface area contributed by atoms with E-state index in [0.29, 0.717) is 11.8 Å². The normalized spacial score (nSPS) is 28.1. The number of carbonyl (C=O) groups excluding carboxylic acids is 1. The maximum Gasteiger partial charge on any atom is 0.407 e. The van der Waals surface area contributed by atoms with Gasteiger partial charge in [-0.15, -0.1) is 0 Å². The van der Waals surface area contributed by atoms with Gasteiger partial charge in [-0.3, -0.25) is 0 Å². The van der Waals surface area contributed by atoms with E-state index in [-0.39, 0.29) is 6.04 Å². The molecule has 4 atom stereocenters. The molecule has 0 saturated heterocycles. The summed E-state index contributed by atoms with van der Waals surface area (Å²) in [6.07, 6.45) is 0.108. The number of rotatable bonds is 3. The number of nitrogens with one attached hydrogen (secondary N) is 1. The predicted molar refractivity (Wildman–Crippen MR) is 62.1 cm³/mol. The third-order valence-electron chi connectivity index (χ3n) is 2.87. The highest BCUT2D eigenvalue weighted by Gasteiger charge is 2.41. The molecule has 1 saturated carbocycles. The minimum absolute atomic E-state index is 0.259. The number of hydrogen-bond donors (Lipinski definition) is 2. The van der Waals surface area contributed by atoms with Crippen molar-refractivity contribution < 1.29 is 14.6 Å². The molecule has 1 aliphatic carbocycles. The second-order valence-corrected chi connectivity index (χ2v) is 5.80. The SMILES string of the molecule is CC1CC1C(O)C(C)NC(=O)OC(C)(C)C. The first-order valence-electron chi connectivity index (χ1n) is 5.88. The Morgan fingerprint density at radius 2 is 2.00 bits per heavy atom. The van der Waals surface area contributed by atoms with Crippen molar-refractivity contribution in [3.05, 3.63) is 0 Å². The zero-order chi connectivity index (χ0) is 12.5. The van der Waals surface area contributed by atoms with E-state index < -0.39 is 17.8 Å². The van der Waals surface area contributed by atoms with E-state index in [1.165, 1.54) is 0 Å². The van der Waals surface area contributed by atoms with Gasteiger partial charge in [-0.25, -0.2) is 4.79 Å². The number of carbonyl (C=O) groups is 1. The number of aliphatic hydroxyl groups excluding tert-OH is 1. The van der Waals surface area contributed by atoms with Gasteiger partial charge in [0, 0.05) is 0 Å². The second kappa shape index (κ2) is 4.62. The highest BCUT2D eigenvalue weighted by molar-refractivity contribution is 5.68. The Labute approximate surface area is 97.4 Å². The van der Waals surface area contributed by atoms with Gasteiger partial charge < -0.3 is 15.2 Å². The van der Waals surface area contributed by atoms with Crippen LogP contribution in [0.2, 0.25) is 0 Å². The fourth-order valence-electron chi connectivity index (χ4n) is 1.78. The largest absolute Gasteiger partial charge is 0.444 e. The van der Waals surface area contributed by atoms with Gasteiger partial charge in [0.2, 0.25) is 0 Å². The summed E-state index contributed by atoms with van der Waals surface area (Å²) in [5.74, 6) is 0.892. The molecule has 0 aromatic rings. The van der Waals surface area contributed by atoms with Gasteiger partial charge in [-0.1, -0.05) is 6.92 Å². The van der Waals surface area contributed by atoms with Crippen LogP contribution in [0, 0.1) is 11.8 Å². The van der Waals surface area contributed by atoms with Crippen molar-refractivity contribution in [2.24, 2.45) is 11.8 Å². The fraction of sp³-hybridized carbons (Fsp3) is 0.917. The molecule has 0 spiro atoms. The Hall–Kier alpha value is -0.770. The molecule has 1 aliphatic rings. The van der Waals surface area contributed by atoms with Gasteiger partial charge in [0.05, 0.1) is 12.1 Å². The van der Waals surface area contributed by atoms with Crippen LogP contribution >= 0.6 is 0 Å². The first-order chi connectivity index (χ1) is 7.20. The number of alkyl carbamates (subject to hydrolysis) is 1. The average Bonchev–Trinajstić information content (AvgIpc) is 2.77. The van der Waals surface area contributed by atoms with Crippen LogP contribution in [0.5, 0.6) is 0 Å². The quantitative estimate of drug-likeness (QED) is 0.777. The molecule has 0 aromatic carbocycles. The van der Waals surface area contributed by atoms with Crippen LogP contribution in [0.25, 0.3) is 0 Å². The van der Waals surface area contributed by atoms with Crippen LogP contribution in [0.3, 0.4) is 0 Å². The zero-order valence-electron chi connectivity index (χ0n) is 10.8. The van der Waals surface area contributed by atoms with Crippen LogP contribution in [0.1, 0.15) is 41.0 Å². The Kier molecular flexibility index (Phi) is 3.84. The summed E-state index contributed by atoms with van der Waals surface area (Å²) >= 11 is 0. The lowest BCUT2D eigenvalue weighted by atomic mass is 10.1. The summed E-state index contributed by atoms with van der Waals surface area (Å²) in [7, 11) is 0. The molecule has 0 heterocycles. The summed E-state index contributed by atoms with van der Waals surface area (Å²) in [6, 6.07) is -0.259.